The smallest absolute Gasteiger partial charge is 0.207 e. The molecule has 0 fully saturated rings. The van der Waals surface area contributed by atoms with Gasteiger partial charge in [0.15, 0.2) is 0 Å². The maximum atomic E-state index is 9.94. The van der Waals surface area contributed by atoms with Crippen LogP contribution in [0.1, 0.15) is 0 Å². The van der Waals surface area contributed by atoms with Crippen molar-refractivity contribution in [2.45, 2.75) is 6.10 Å². The number of hydrogen-bond acceptors (Lipinski definition) is 3. The molecule has 1 amide bonds. The molecule has 1 rings (SSSR count). The van der Waals surface area contributed by atoms with E-state index in [9.17, 15) is 9.90 Å². The van der Waals surface area contributed by atoms with Gasteiger partial charge in [0.2, 0.25) is 6.41 Å². The van der Waals surface area contributed by atoms with Gasteiger partial charge in [-0.05, 0) is 12.1 Å². The molecule has 14 heavy (non-hydrogen) atoms. The summed E-state index contributed by atoms with van der Waals surface area (Å²) in [6.07, 6.45) is 0.00607. The Morgan fingerprint density at radius 2 is 2.00 bits per heavy atom. The van der Waals surface area contributed by atoms with Crippen LogP contribution in [0.15, 0.2) is 30.3 Å². The molecule has 1 aromatic rings. The van der Waals surface area contributed by atoms with E-state index in [-0.39, 0.29) is 6.54 Å². The second-order valence-corrected chi connectivity index (χ2v) is 2.93. The van der Waals surface area contributed by atoms with Crippen LogP contribution in [0.25, 0.3) is 0 Å². The molecule has 0 spiro atoms. The molecule has 1 unspecified atom stereocenters. The maximum absolute atomic E-state index is 9.94. The van der Waals surface area contributed by atoms with Crippen LogP contribution >= 0.6 is 0 Å². The van der Waals surface area contributed by atoms with Crippen molar-refractivity contribution in [3.8, 4) is 0 Å². The summed E-state index contributed by atoms with van der Waals surface area (Å²) in [5.41, 5.74) is 0.956. The molecule has 1 aromatic carbocycles. The van der Waals surface area contributed by atoms with E-state index >= 15 is 0 Å². The molecule has 4 nitrogen and oxygen atoms in total. The highest BCUT2D eigenvalue weighted by atomic mass is 16.3. The first-order valence-electron chi connectivity index (χ1n) is 4.47. The molecule has 0 heterocycles. The summed E-state index contributed by atoms with van der Waals surface area (Å²) >= 11 is 0. The lowest BCUT2D eigenvalue weighted by Crippen LogP contribution is -2.31. The van der Waals surface area contributed by atoms with Crippen LogP contribution in [0, 0.1) is 0 Å². The highest BCUT2D eigenvalue weighted by Gasteiger charge is 2.01. The van der Waals surface area contributed by atoms with E-state index in [2.05, 4.69) is 10.6 Å². The van der Waals surface area contributed by atoms with E-state index in [1.807, 2.05) is 30.3 Å². The first-order chi connectivity index (χ1) is 6.83. The van der Waals surface area contributed by atoms with Gasteiger partial charge in [0.05, 0.1) is 6.10 Å². The van der Waals surface area contributed by atoms with Crippen molar-refractivity contribution in [1.29, 1.82) is 0 Å². The number of aliphatic hydroxyl groups excluding tert-OH is 1. The molecule has 0 bridgehead atoms. The highest BCUT2D eigenvalue weighted by molar-refractivity contribution is 5.46. The largest absolute Gasteiger partial charge is 0.389 e. The fraction of sp³-hybridized carbons (Fsp3) is 0.300. The Balaban J connectivity index is 2.23. The lowest BCUT2D eigenvalue weighted by molar-refractivity contribution is -0.109. The van der Waals surface area contributed by atoms with Gasteiger partial charge < -0.3 is 15.7 Å². The molecule has 1 atom stereocenters. The summed E-state index contributed by atoms with van der Waals surface area (Å²) in [5.74, 6) is 0. The number of benzene rings is 1. The van der Waals surface area contributed by atoms with Crippen molar-refractivity contribution in [1.82, 2.24) is 5.32 Å². The van der Waals surface area contributed by atoms with Crippen molar-refractivity contribution in [3.63, 3.8) is 0 Å². The van der Waals surface area contributed by atoms with Crippen molar-refractivity contribution in [2.75, 3.05) is 18.4 Å². The zero-order valence-corrected chi connectivity index (χ0v) is 7.81. The Labute approximate surface area is 82.9 Å². The molecule has 0 aliphatic rings. The minimum absolute atomic E-state index is 0.267. The van der Waals surface area contributed by atoms with Crippen molar-refractivity contribution < 1.29 is 9.90 Å². The zero-order chi connectivity index (χ0) is 10.2. The first kappa shape index (κ1) is 10.5. The monoisotopic (exact) mass is 194 g/mol. The zero-order valence-electron chi connectivity index (χ0n) is 7.81. The second-order valence-electron chi connectivity index (χ2n) is 2.93. The third kappa shape index (κ3) is 3.91. The number of amides is 1. The maximum Gasteiger partial charge on any atom is 0.207 e. The predicted octanol–water partition coefficient (Wildman–Crippen LogP) is 0.205. The van der Waals surface area contributed by atoms with E-state index in [0.29, 0.717) is 13.0 Å². The normalized spacial score (nSPS) is 11.8. The van der Waals surface area contributed by atoms with Crippen LogP contribution in [0.4, 0.5) is 5.69 Å². The van der Waals surface area contributed by atoms with E-state index in [1.165, 1.54) is 0 Å². The highest BCUT2D eigenvalue weighted by Crippen LogP contribution is 2.04. The van der Waals surface area contributed by atoms with Crippen molar-refractivity contribution >= 4 is 12.1 Å². The van der Waals surface area contributed by atoms with Crippen molar-refractivity contribution in [3.05, 3.63) is 30.3 Å². The third-order valence-corrected chi connectivity index (χ3v) is 1.75. The molecule has 3 N–H and O–H groups in total. The second kappa shape index (κ2) is 5.99. The van der Waals surface area contributed by atoms with Crippen LogP contribution in [-0.2, 0) is 4.79 Å². The summed E-state index contributed by atoms with van der Waals surface area (Å²) in [5, 5.41) is 14.8. The summed E-state index contributed by atoms with van der Waals surface area (Å²) in [6.45, 7) is 0.689. The Morgan fingerprint density at radius 1 is 1.29 bits per heavy atom. The van der Waals surface area contributed by atoms with E-state index < -0.39 is 6.10 Å². The number of carbonyl (C=O) groups is 1. The van der Waals surface area contributed by atoms with Gasteiger partial charge in [-0.2, -0.15) is 0 Å². The van der Waals surface area contributed by atoms with Gasteiger partial charge in [0.25, 0.3) is 0 Å². The van der Waals surface area contributed by atoms with Crippen LogP contribution in [0.2, 0.25) is 0 Å². The van der Waals surface area contributed by atoms with Gasteiger partial charge in [-0.15, -0.1) is 0 Å². The summed E-state index contributed by atoms with van der Waals surface area (Å²) in [7, 11) is 0. The predicted molar refractivity (Wildman–Crippen MR) is 55.0 cm³/mol. The Hall–Kier alpha value is -1.55. The molecule has 0 radical (unpaired) electrons. The number of carbonyl (C=O) groups excluding carboxylic acids is 1. The summed E-state index contributed by atoms with van der Waals surface area (Å²) in [6, 6.07) is 9.59. The molecule has 76 valence electrons. The van der Waals surface area contributed by atoms with Gasteiger partial charge in [-0.25, -0.2) is 0 Å². The lowest BCUT2D eigenvalue weighted by atomic mass is 10.3. The molecular formula is C10H14N2O2. The number of rotatable bonds is 6. The van der Waals surface area contributed by atoms with Gasteiger partial charge in [-0.3, -0.25) is 4.79 Å². The Kier molecular flexibility index (Phi) is 4.50. The SMILES string of the molecule is O=CNCC(O)CNc1ccccc1. The van der Waals surface area contributed by atoms with Crippen LogP contribution in [0.5, 0.6) is 0 Å². The van der Waals surface area contributed by atoms with Crippen molar-refractivity contribution in [2.24, 2.45) is 0 Å². The fourth-order valence-electron chi connectivity index (χ4n) is 1.05. The topological polar surface area (TPSA) is 61.4 Å². The van der Waals surface area contributed by atoms with E-state index in [4.69, 9.17) is 0 Å². The molecule has 0 saturated carbocycles. The van der Waals surface area contributed by atoms with Gasteiger partial charge >= 0.3 is 0 Å². The first-order valence-corrected chi connectivity index (χ1v) is 4.47. The number of aliphatic hydroxyl groups is 1. The number of para-hydroxylation sites is 1. The minimum atomic E-state index is -0.569. The molecule has 0 aliphatic carbocycles. The number of hydrogen-bond donors (Lipinski definition) is 3. The summed E-state index contributed by atoms with van der Waals surface area (Å²) < 4.78 is 0. The molecule has 4 heteroatoms. The van der Waals surface area contributed by atoms with Crippen LogP contribution in [0.3, 0.4) is 0 Å². The molecule has 0 saturated heterocycles. The van der Waals surface area contributed by atoms with Gasteiger partial charge in [-0.1, -0.05) is 18.2 Å². The fourth-order valence-corrected chi connectivity index (χ4v) is 1.05. The van der Waals surface area contributed by atoms with E-state index in [1.54, 1.807) is 0 Å². The van der Waals surface area contributed by atoms with E-state index in [0.717, 1.165) is 5.69 Å². The molecular weight excluding hydrogens is 180 g/mol. The average Bonchev–Trinajstić information content (AvgIpc) is 2.25. The number of anilines is 1. The summed E-state index contributed by atoms with van der Waals surface area (Å²) in [4.78, 5) is 9.94. The Morgan fingerprint density at radius 3 is 2.64 bits per heavy atom. The van der Waals surface area contributed by atoms with Crippen LogP contribution in [-0.4, -0.2) is 30.7 Å². The molecule has 0 aliphatic heterocycles. The Bertz CT molecular complexity index is 264. The van der Waals surface area contributed by atoms with Crippen LogP contribution < -0.4 is 10.6 Å². The lowest BCUT2D eigenvalue weighted by Gasteiger charge is -2.11. The standard InChI is InChI=1S/C10H14N2O2/c13-8-11-6-10(14)7-12-9-4-2-1-3-5-9/h1-5,8,10,12,14H,6-7H2,(H,11,13). The average molecular weight is 194 g/mol. The van der Waals surface area contributed by atoms with Gasteiger partial charge in [0.1, 0.15) is 0 Å². The van der Waals surface area contributed by atoms with Gasteiger partial charge in [0, 0.05) is 18.8 Å². The minimum Gasteiger partial charge on any atom is -0.389 e. The molecule has 0 aromatic heterocycles. The quantitative estimate of drug-likeness (QED) is 0.567. The number of nitrogens with one attached hydrogen (secondary N) is 2. The third-order valence-electron chi connectivity index (χ3n) is 1.75.